The van der Waals surface area contributed by atoms with Crippen LogP contribution in [0.1, 0.15) is 15.9 Å². The number of hydrogen-bond donors (Lipinski definition) is 1. The summed E-state index contributed by atoms with van der Waals surface area (Å²) in [5, 5.41) is 3.31. The second-order valence-electron chi connectivity index (χ2n) is 6.97. The highest BCUT2D eigenvalue weighted by Gasteiger charge is 2.21. The molecule has 6 nitrogen and oxygen atoms in total. The molecule has 1 amide bonds. The van der Waals surface area contributed by atoms with Gasteiger partial charge in [0, 0.05) is 11.1 Å². The molecule has 0 aromatic heterocycles. The van der Waals surface area contributed by atoms with Crippen LogP contribution < -0.4 is 14.4 Å². The first-order valence-corrected chi connectivity index (χ1v) is 12.3. The minimum absolute atomic E-state index is 0.151. The van der Waals surface area contributed by atoms with E-state index >= 15 is 0 Å². The molecule has 0 fully saturated rings. The maximum absolute atomic E-state index is 13.3. The number of nitrogens with zero attached hydrogens (tertiary/aromatic N) is 1. The van der Waals surface area contributed by atoms with E-state index in [1.165, 1.54) is 43.5 Å². The molecule has 0 bridgehead atoms. The number of methoxy groups -OCH3 is 1. The fraction of sp³-hybridized carbons (Fsp3) is 0.136. The lowest BCUT2D eigenvalue weighted by molar-refractivity contribution is 0.102. The Bertz CT molecular complexity index is 1300. The van der Waals surface area contributed by atoms with Crippen molar-refractivity contribution in [1.82, 2.24) is 0 Å². The molecule has 0 atom stereocenters. The van der Waals surface area contributed by atoms with E-state index in [-0.39, 0.29) is 38.6 Å². The summed E-state index contributed by atoms with van der Waals surface area (Å²) in [4.78, 5) is 12.8. The number of rotatable bonds is 7. The SMILES string of the molecule is COc1ccc(C(=O)Nc2cc(Cl)c(Cl)cc2Cl)cc1CN(c1ccc(F)cc1)S(C)(=O)=O. The number of sulfonamides is 1. The topological polar surface area (TPSA) is 75.7 Å². The van der Waals surface area contributed by atoms with Gasteiger partial charge in [0.05, 0.1) is 46.4 Å². The van der Waals surface area contributed by atoms with E-state index in [0.717, 1.165) is 22.7 Å². The number of halogens is 4. The third-order valence-corrected chi connectivity index (χ3v) is 6.81. The average Bonchev–Trinajstić information content (AvgIpc) is 2.75. The summed E-state index contributed by atoms with van der Waals surface area (Å²) in [6, 6.07) is 12.4. The molecule has 3 rings (SSSR count). The van der Waals surface area contributed by atoms with Crippen LogP contribution in [-0.2, 0) is 16.6 Å². The molecule has 3 aromatic carbocycles. The maximum atomic E-state index is 13.3. The van der Waals surface area contributed by atoms with Crippen molar-refractivity contribution in [1.29, 1.82) is 0 Å². The van der Waals surface area contributed by atoms with Crippen LogP contribution >= 0.6 is 34.8 Å². The van der Waals surface area contributed by atoms with E-state index in [1.54, 1.807) is 6.07 Å². The van der Waals surface area contributed by atoms with Crippen molar-refractivity contribution in [3.63, 3.8) is 0 Å². The Morgan fingerprint density at radius 2 is 1.64 bits per heavy atom. The molecule has 0 unspecified atom stereocenters. The molecule has 0 heterocycles. The van der Waals surface area contributed by atoms with Crippen LogP contribution in [0.3, 0.4) is 0 Å². The fourth-order valence-corrected chi connectivity index (χ4v) is 4.49. The van der Waals surface area contributed by atoms with Crippen molar-refractivity contribution in [3.8, 4) is 5.75 Å². The molecular formula is C22H18Cl3FN2O4S. The van der Waals surface area contributed by atoms with Gasteiger partial charge in [0.15, 0.2) is 0 Å². The zero-order valence-electron chi connectivity index (χ0n) is 17.4. The Morgan fingerprint density at radius 1 is 1.00 bits per heavy atom. The van der Waals surface area contributed by atoms with E-state index in [4.69, 9.17) is 39.5 Å². The first-order valence-electron chi connectivity index (χ1n) is 9.35. The van der Waals surface area contributed by atoms with Gasteiger partial charge in [-0.05, 0) is 54.6 Å². The van der Waals surface area contributed by atoms with Crippen LogP contribution in [0.15, 0.2) is 54.6 Å². The zero-order chi connectivity index (χ0) is 24.3. The molecule has 11 heteroatoms. The highest BCUT2D eigenvalue weighted by Crippen LogP contribution is 2.33. The number of ether oxygens (including phenoxy) is 1. The molecule has 3 aromatic rings. The molecule has 0 saturated carbocycles. The fourth-order valence-electron chi connectivity index (χ4n) is 3.02. The molecule has 0 spiro atoms. The number of hydrogen-bond acceptors (Lipinski definition) is 4. The van der Waals surface area contributed by atoms with Gasteiger partial charge in [0.25, 0.3) is 5.91 Å². The van der Waals surface area contributed by atoms with Gasteiger partial charge >= 0.3 is 0 Å². The van der Waals surface area contributed by atoms with Gasteiger partial charge in [-0.1, -0.05) is 34.8 Å². The largest absolute Gasteiger partial charge is 0.496 e. The summed E-state index contributed by atoms with van der Waals surface area (Å²) in [6.45, 7) is -0.151. The molecular weight excluding hydrogens is 514 g/mol. The van der Waals surface area contributed by atoms with Crippen LogP contribution in [0.4, 0.5) is 15.8 Å². The Balaban J connectivity index is 1.95. The van der Waals surface area contributed by atoms with E-state index in [0.29, 0.717) is 11.3 Å². The van der Waals surface area contributed by atoms with Crippen molar-refractivity contribution in [2.45, 2.75) is 6.54 Å². The standard InChI is InChI=1S/C22H18Cl3FN2O4S/c1-32-21-8-3-13(22(29)27-20-11-18(24)17(23)10-19(20)25)9-14(21)12-28(33(2,30)31)16-6-4-15(26)5-7-16/h3-11H,12H2,1-2H3,(H,27,29). The normalized spacial score (nSPS) is 11.2. The number of carbonyl (C=O) groups excluding carboxylic acids is 1. The van der Waals surface area contributed by atoms with Crippen molar-refractivity contribution in [2.24, 2.45) is 0 Å². The van der Waals surface area contributed by atoms with Crippen LogP contribution in [0.5, 0.6) is 5.75 Å². The number of amides is 1. The predicted octanol–water partition coefficient (Wildman–Crippen LogP) is 6.01. The molecule has 1 N–H and O–H groups in total. The summed E-state index contributed by atoms with van der Waals surface area (Å²) in [6.07, 6.45) is 1.03. The van der Waals surface area contributed by atoms with Crippen molar-refractivity contribution in [3.05, 3.63) is 86.6 Å². The van der Waals surface area contributed by atoms with E-state index in [2.05, 4.69) is 5.32 Å². The maximum Gasteiger partial charge on any atom is 0.255 e. The molecule has 0 aliphatic rings. The van der Waals surface area contributed by atoms with Crippen molar-refractivity contribution in [2.75, 3.05) is 23.0 Å². The smallest absolute Gasteiger partial charge is 0.255 e. The molecule has 0 aliphatic carbocycles. The monoisotopic (exact) mass is 530 g/mol. The van der Waals surface area contributed by atoms with Gasteiger partial charge in [-0.3, -0.25) is 9.10 Å². The van der Waals surface area contributed by atoms with Gasteiger partial charge in [-0.15, -0.1) is 0 Å². The lowest BCUT2D eigenvalue weighted by atomic mass is 10.1. The molecule has 0 saturated heterocycles. The highest BCUT2D eigenvalue weighted by atomic mass is 35.5. The number of carbonyl (C=O) groups is 1. The molecule has 33 heavy (non-hydrogen) atoms. The third-order valence-electron chi connectivity index (χ3n) is 4.63. The first kappa shape index (κ1) is 25.1. The van der Waals surface area contributed by atoms with Crippen LogP contribution in [0, 0.1) is 5.82 Å². The number of nitrogens with one attached hydrogen (secondary N) is 1. The Labute approximate surface area is 205 Å². The van der Waals surface area contributed by atoms with Gasteiger partial charge in [0.1, 0.15) is 11.6 Å². The summed E-state index contributed by atoms with van der Waals surface area (Å²) in [7, 11) is -2.31. The summed E-state index contributed by atoms with van der Waals surface area (Å²) in [5.74, 6) is -0.633. The van der Waals surface area contributed by atoms with E-state index in [1.807, 2.05) is 0 Å². The molecule has 0 radical (unpaired) electrons. The van der Waals surface area contributed by atoms with E-state index in [9.17, 15) is 17.6 Å². The Morgan fingerprint density at radius 3 is 2.24 bits per heavy atom. The quantitative estimate of drug-likeness (QED) is 0.379. The molecule has 0 aliphatic heterocycles. The minimum Gasteiger partial charge on any atom is -0.496 e. The first-order chi connectivity index (χ1) is 15.5. The van der Waals surface area contributed by atoms with Crippen LogP contribution in [-0.4, -0.2) is 27.7 Å². The van der Waals surface area contributed by atoms with E-state index < -0.39 is 21.7 Å². The van der Waals surface area contributed by atoms with Crippen LogP contribution in [0.25, 0.3) is 0 Å². The second-order valence-corrected chi connectivity index (χ2v) is 10.1. The van der Waals surface area contributed by atoms with Gasteiger partial charge < -0.3 is 10.1 Å². The third kappa shape index (κ3) is 6.09. The second kappa shape index (κ2) is 10.2. The average molecular weight is 532 g/mol. The summed E-state index contributed by atoms with van der Waals surface area (Å²) < 4.78 is 44.7. The molecule has 174 valence electrons. The number of benzene rings is 3. The number of anilines is 2. The van der Waals surface area contributed by atoms with Gasteiger partial charge in [-0.25, -0.2) is 12.8 Å². The predicted molar refractivity (Wildman–Crippen MR) is 130 cm³/mol. The lowest BCUT2D eigenvalue weighted by Crippen LogP contribution is -2.29. The zero-order valence-corrected chi connectivity index (χ0v) is 20.5. The minimum atomic E-state index is -3.74. The summed E-state index contributed by atoms with van der Waals surface area (Å²) in [5.41, 5.74) is 1.16. The van der Waals surface area contributed by atoms with Crippen molar-refractivity contribution < 1.29 is 22.3 Å². The Hall–Kier alpha value is -2.52. The van der Waals surface area contributed by atoms with Gasteiger partial charge in [-0.2, -0.15) is 0 Å². The lowest BCUT2D eigenvalue weighted by Gasteiger charge is -2.24. The van der Waals surface area contributed by atoms with Gasteiger partial charge in [0.2, 0.25) is 10.0 Å². The Kier molecular flexibility index (Phi) is 7.74. The highest BCUT2D eigenvalue weighted by molar-refractivity contribution is 7.92. The summed E-state index contributed by atoms with van der Waals surface area (Å²) >= 11 is 18.1. The van der Waals surface area contributed by atoms with Crippen molar-refractivity contribution >= 4 is 62.1 Å². The van der Waals surface area contributed by atoms with Crippen LogP contribution in [0.2, 0.25) is 15.1 Å².